The van der Waals surface area contributed by atoms with Crippen molar-refractivity contribution in [1.29, 1.82) is 0 Å². The zero-order valence-electron chi connectivity index (χ0n) is 16.0. The van der Waals surface area contributed by atoms with E-state index in [9.17, 15) is 9.18 Å². The monoisotopic (exact) mass is 408 g/mol. The van der Waals surface area contributed by atoms with E-state index in [1.165, 1.54) is 18.2 Å². The minimum atomic E-state index is -0.517. The third kappa shape index (κ3) is 3.76. The SMILES string of the molecule is Cc1ccccc1COc1cc(C)c2c(c1)O/C(=C\c1c(F)cccc1Cl)C2=O. The third-order valence-corrected chi connectivity index (χ3v) is 5.20. The van der Waals surface area contributed by atoms with E-state index in [2.05, 4.69) is 0 Å². The van der Waals surface area contributed by atoms with E-state index in [-0.39, 0.29) is 22.1 Å². The first-order valence-electron chi connectivity index (χ1n) is 9.14. The molecule has 0 amide bonds. The molecule has 0 bridgehead atoms. The van der Waals surface area contributed by atoms with Gasteiger partial charge in [0.25, 0.3) is 0 Å². The fourth-order valence-electron chi connectivity index (χ4n) is 3.27. The van der Waals surface area contributed by atoms with Crippen LogP contribution >= 0.6 is 11.6 Å². The topological polar surface area (TPSA) is 35.5 Å². The number of rotatable bonds is 4. The Balaban J connectivity index is 1.62. The van der Waals surface area contributed by atoms with Crippen LogP contribution in [0.4, 0.5) is 4.39 Å². The molecular weight excluding hydrogens is 391 g/mol. The first kappa shape index (κ1) is 19.2. The quantitative estimate of drug-likeness (QED) is 0.476. The number of hydrogen-bond acceptors (Lipinski definition) is 3. The van der Waals surface area contributed by atoms with E-state index >= 15 is 0 Å². The number of fused-ring (bicyclic) bond motifs is 1. The van der Waals surface area contributed by atoms with Crippen LogP contribution in [0.3, 0.4) is 0 Å². The molecule has 0 saturated carbocycles. The summed E-state index contributed by atoms with van der Waals surface area (Å²) in [4.78, 5) is 12.8. The first-order chi connectivity index (χ1) is 13.9. The predicted molar refractivity (Wildman–Crippen MR) is 111 cm³/mol. The van der Waals surface area contributed by atoms with Crippen LogP contribution in [-0.2, 0) is 6.61 Å². The molecule has 1 heterocycles. The minimum Gasteiger partial charge on any atom is -0.489 e. The maximum Gasteiger partial charge on any atom is 0.232 e. The van der Waals surface area contributed by atoms with Gasteiger partial charge in [0.2, 0.25) is 5.78 Å². The molecule has 0 spiro atoms. The second kappa shape index (κ2) is 7.72. The number of ether oxygens (including phenoxy) is 2. The standard InChI is InChI=1S/C24H18ClFO3/c1-14-6-3-4-7-16(14)13-28-17-10-15(2)23-21(11-17)29-22(24(23)27)12-18-19(25)8-5-9-20(18)26/h3-12H,13H2,1-2H3/b22-12-. The van der Waals surface area contributed by atoms with Crippen molar-refractivity contribution in [3.8, 4) is 11.5 Å². The number of allylic oxidation sites excluding steroid dienone is 1. The van der Waals surface area contributed by atoms with Crippen LogP contribution in [0, 0.1) is 19.7 Å². The Labute approximate surface area is 173 Å². The molecule has 0 N–H and O–H groups in total. The van der Waals surface area contributed by atoms with Gasteiger partial charge < -0.3 is 9.47 Å². The summed E-state index contributed by atoms with van der Waals surface area (Å²) < 4.78 is 25.7. The van der Waals surface area contributed by atoms with Crippen molar-refractivity contribution in [3.05, 3.63) is 99.0 Å². The Morgan fingerprint density at radius 3 is 2.62 bits per heavy atom. The van der Waals surface area contributed by atoms with E-state index in [0.29, 0.717) is 23.7 Å². The van der Waals surface area contributed by atoms with E-state index in [0.717, 1.165) is 16.7 Å². The molecule has 1 aliphatic heterocycles. The summed E-state index contributed by atoms with van der Waals surface area (Å²) in [6, 6.07) is 15.8. The molecule has 3 nitrogen and oxygen atoms in total. The minimum absolute atomic E-state index is 0.0335. The van der Waals surface area contributed by atoms with Gasteiger partial charge in [0.15, 0.2) is 5.76 Å². The van der Waals surface area contributed by atoms with E-state index in [1.54, 1.807) is 18.2 Å². The van der Waals surface area contributed by atoms with Crippen molar-refractivity contribution >= 4 is 23.5 Å². The molecule has 0 radical (unpaired) electrons. The van der Waals surface area contributed by atoms with Crippen LogP contribution in [0.2, 0.25) is 5.02 Å². The van der Waals surface area contributed by atoms with Crippen LogP contribution in [0.5, 0.6) is 11.5 Å². The molecule has 3 aromatic rings. The van der Waals surface area contributed by atoms with E-state index in [1.807, 2.05) is 38.1 Å². The molecule has 29 heavy (non-hydrogen) atoms. The molecule has 0 aliphatic carbocycles. The summed E-state index contributed by atoms with van der Waals surface area (Å²) in [5, 5.41) is 0.212. The lowest BCUT2D eigenvalue weighted by atomic mass is 10.0. The average Bonchev–Trinajstić information content (AvgIpc) is 3.00. The van der Waals surface area contributed by atoms with E-state index in [4.69, 9.17) is 21.1 Å². The smallest absolute Gasteiger partial charge is 0.232 e. The molecule has 0 unspecified atom stereocenters. The van der Waals surface area contributed by atoms with Crippen LogP contribution in [0.15, 0.2) is 60.4 Å². The van der Waals surface area contributed by atoms with Gasteiger partial charge in [-0.25, -0.2) is 4.39 Å². The van der Waals surface area contributed by atoms with Gasteiger partial charge in [-0.1, -0.05) is 41.9 Å². The first-order valence-corrected chi connectivity index (χ1v) is 9.52. The van der Waals surface area contributed by atoms with Gasteiger partial charge in [-0.05, 0) is 54.8 Å². The third-order valence-electron chi connectivity index (χ3n) is 4.87. The highest BCUT2D eigenvalue weighted by Crippen LogP contribution is 2.38. The number of hydrogen-bond donors (Lipinski definition) is 0. The summed E-state index contributed by atoms with van der Waals surface area (Å²) >= 11 is 6.06. The van der Waals surface area contributed by atoms with Crippen molar-refractivity contribution in [2.45, 2.75) is 20.5 Å². The largest absolute Gasteiger partial charge is 0.489 e. The maximum atomic E-state index is 14.1. The van der Waals surface area contributed by atoms with Crippen molar-refractivity contribution in [2.24, 2.45) is 0 Å². The van der Waals surface area contributed by atoms with Crippen LogP contribution in [-0.4, -0.2) is 5.78 Å². The van der Waals surface area contributed by atoms with Crippen LogP contribution in [0.1, 0.15) is 32.6 Å². The lowest BCUT2D eigenvalue weighted by molar-refractivity contribution is 0.101. The van der Waals surface area contributed by atoms with Crippen LogP contribution < -0.4 is 9.47 Å². The summed E-state index contributed by atoms with van der Waals surface area (Å²) in [7, 11) is 0. The van der Waals surface area contributed by atoms with Crippen LogP contribution in [0.25, 0.3) is 6.08 Å². The fourth-order valence-corrected chi connectivity index (χ4v) is 3.49. The average molecular weight is 409 g/mol. The second-order valence-electron chi connectivity index (χ2n) is 6.90. The molecule has 0 saturated heterocycles. The van der Waals surface area contributed by atoms with Crippen molar-refractivity contribution in [2.75, 3.05) is 0 Å². The molecule has 0 fully saturated rings. The number of carbonyl (C=O) groups excluding carboxylic acids is 1. The number of ketones is 1. The second-order valence-corrected chi connectivity index (χ2v) is 7.31. The Bertz CT molecular complexity index is 1130. The molecule has 0 aromatic heterocycles. The Hall–Kier alpha value is -3.11. The Kier molecular flexibility index (Phi) is 5.12. The number of carbonyl (C=O) groups is 1. The van der Waals surface area contributed by atoms with Gasteiger partial charge in [-0.2, -0.15) is 0 Å². The highest BCUT2D eigenvalue weighted by atomic mass is 35.5. The van der Waals surface area contributed by atoms with Gasteiger partial charge in [0, 0.05) is 11.6 Å². The molecule has 5 heteroatoms. The number of halogens is 2. The molecule has 0 atom stereocenters. The fraction of sp³-hybridized carbons (Fsp3) is 0.125. The van der Waals surface area contributed by atoms with Crippen molar-refractivity contribution in [1.82, 2.24) is 0 Å². The lowest BCUT2D eigenvalue weighted by Crippen LogP contribution is -2.01. The number of Topliss-reactive ketones (excluding diaryl/α,β-unsaturated/α-hetero) is 1. The maximum absolute atomic E-state index is 14.1. The zero-order chi connectivity index (χ0) is 20.5. The highest BCUT2D eigenvalue weighted by Gasteiger charge is 2.30. The number of benzene rings is 3. The van der Waals surface area contributed by atoms with Gasteiger partial charge >= 0.3 is 0 Å². The van der Waals surface area contributed by atoms with E-state index < -0.39 is 5.82 Å². The predicted octanol–water partition coefficient (Wildman–Crippen LogP) is 6.29. The van der Waals surface area contributed by atoms with Gasteiger partial charge in [-0.15, -0.1) is 0 Å². The molecule has 3 aromatic carbocycles. The Morgan fingerprint density at radius 2 is 1.86 bits per heavy atom. The van der Waals surface area contributed by atoms with Crippen molar-refractivity contribution < 1.29 is 18.7 Å². The summed E-state index contributed by atoms with van der Waals surface area (Å²) in [5.41, 5.74) is 3.53. The zero-order valence-corrected chi connectivity index (χ0v) is 16.7. The molecule has 146 valence electrons. The summed E-state index contributed by atoms with van der Waals surface area (Å²) in [6.45, 7) is 4.26. The molecular formula is C24H18ClFO3. The van der Waals surface area contributed by atoms with Gasteiger partial charge in [-0.3, -0.25) is 4.79 Å². The number of aryl methyl sites for hydroxylation is 2. The normalized spacial score (nSPS) is 14.1. The lowest BCUT2D eigenvalue weighted by Gasteiger charge is -2.10. The Morgan fingerprint density at radius 1 is 1.07 bits per heavy atom. The van der Waals surface area contributed by atoms with Gasteiger partial charge in [0.1, 0.15) is 23.9 Å². The summed E-state index contributed by atoms with van der Waals surface area (Å²) in [5.74, 6) is 0.209. The molecule has 4 rings (SSSR count). The van der Waals surface area contributed by atoms with Crippen molar-refractivity contribution in [3.63, 3.8) is 0 Å². The molecule has 1 aliphatic rings. The highest BCUT2D eigenvalue weighted by molar-refractivity contribution is 6.32. The summed E-state index contributed by atoms with van der Waals surface area (Å²) in [6.07, 6.45) is 1.34. The van der Waals surface area contributed by atoms with Gasteiger partial charge in [0.05, 0.1) is 10.6 Å².